The van der Waals surface area contributed by atoms with Gasteiger partial charge in [-0.05, 0) is 30.5 Å². The molecule has 6 nitrogen and oxygen atoms in total. The maximum atomic E-state index is 13.7. The standard InChI is InChI=1S/C18H23FN4O2S/c1-23(10-12-7-8-15(25-2)14(19)9-12)16(24)11-26-18-20-17(21-22-18)13-5-3-4-6-13/h7-9,13H,3-6,10-11H2,1-2H3,(H,20,21,22). The highest BCUT2D eigenvalue weighted by molar-refractivity contribution is 7.99. The minimum absolute atomic E-state index is 0.0570. The van der Waals surface area contributed by atoms with E-state index in [9.17, 15) is 9.18 Å². The van der Waals surface area contributed by atoms with Gasteiger partial charge in [0.05, 0.1) is 12.9 Å². The van der Waals surface area contributed by atoms with Gasteiger partial charge in [0.25, 0.3) is 0 Å². The molecule has 1 saturated carbocycles. The molecule has 0 saturated heterocycles. The number of aromatic nitrogens is 3. The normalized spacial score (nSPS) is 14.6. The summed E-state index contributed by atoms with van der Waals surface area (Å²) in [7, 11) is 3.12. The van der Waals surface area contributed by atoms with Crippen LogP contribution in [0.2, 0.25) is 0 Å². The zero-order valence-electron chi connectivity index (χ0n) is 15.0. The molecule has 0 aliphatic heterocycles. The maximum Gasteiger partial charge on any atom is 0.233 e. The predicted molar refractivity (Wildman–Crippen MR) is 97.7 cm³/mol. The van der Waals surface area contributed by atoms with Crippen LogP contribution in [-0.4, -0.2) is 45.9 Å². The van der Waals surface area contributed by atoms with Gasteiger partial charge < -0.3 is 9.64 Å². The first-order valence-electron chi connectivity index (χ1n) is 8.68. The molecule has 1 fully saturated rings. The van der Waals surface area contributed by atoms with Crippen molar-refractivity contribution in [3.05, 3.63) is 35.4 Å². The lowest BCUT2D eigenvalue weighted by molar-refractivity contribution is -0.127. The van der Waals surface area contributed by atoms with Crippen molar-refractivity contribution in [1.29, 1.82) is 0 Å². The molecule has 1 aromatic heterocycles. The largest absolute Gasteiger partial charge is 0.494 e. The number of amides is 1. The van der Waals surface area contributed by atoms with Gasteiger partial charge in [0, 0.05) is 19.5 Å². The zero-order chi connectivity index (χ0) is 18.5. The van der Waals surface area contributed by atoms with Crippen LogP contribution in [0.15, 0.2) is 23.4 Å². The molecule has 2 aromatic rings. The van der Waals surface area contributed by atoms with Crippen LogP contribution in [0.1, 0.15) is 43.0 Å². The molecule has 1 aliphatic rings. The van der Waals surface area contributed by atoms with Gasteiger partial charge in [-0.1, -0.05) is 30.7 Å². The second-order valence-electron chi connectivity index (χ2n) is 6.49. The number of benzene rings is 1. The Morgan fingerprint density at radius 3 is 2.88 bits per heavy atom. The van der Waals surface area contributed by atoms with Gasteiger partial charge >= 0.3 is 0 Å². The summed E-state index contributed by atoms with van der Waals surface area (Å²) in [6.45, 7) is 0.335. The van der Waals surface area contributed by atoms with Crippen LogP contribution in [-0.2, 0) is 11.3 Å². The van der Waals surface area contributed by atoms with Crippen molar-refractivity contribution in [1.82, 2.24) is 20.1 Å². The van der Waals surface area contributed by atoms with Gasteiger partial charge in [0.1, 0.15) is 5.82 Å². The van der Waals surface area contributed by atoms with Gasteiger partial charge in [0.2, 0.25) is 11.1 Å². The van der Waals surface area contributed by atoms with Crippen LogP contribution in [0.5, 0.6) is 5.75 Å². The molecule has 0 atom stereocenters. The number of hydrogen-bond acceptors (Lipinski definition) is 5. The number of nitrogens with zero attached hydrogens (tertiary/aromatic N) is 3. The van der Waals surface area contributed by atoms with Crippen molar-refractivity contribution in [2.45, 2.75) is 43.3 Å². The average Bonchev–Trinajstić information content (AvgIpc) is 3.31. The first-order chi connectivity index (χ1) is 12.6. The number of halogens is 1. The number of carbonyl (C=O) groups is 1. The minimum Gasteiger partial charge on any atom is -0.494 e. The molecule has 1 aromatic carbocycles. The first-order valence-corrected chi connectivity index (χ1v) is 9.67. The second kappa shape index (κ2) is 8.53. The van der Waals surface area contributed by atoms with Crippen LogP contribution in [0.25, 0.3) is 0 Å². The summed E-state index contributed by atoms with van der Waals surface area (Å²) >= 11 is 1.32. The lowest BCUT2D eigenvalue weighted by atomic mass is 10.1. The number of nitrogens with one attached hydrogen (secondary N) is 1. The summed E-state index contributed by atoms with van der Waals surface area (Å²) in [6.07, 6.45) is 4.78. The van der Waals surface area contributed by atoms with Crippen molar-refractivity contribution < 1.29 is 13.9 Å². The number of ether oxygens (including phenoxy) is 1. The van der Waals surface area contributed by atoms with E-state index in [-0.39, 0.29) is 17.4 Å². The molecule has 0 radical (unpaired) electrons. The number of thioether (sulfide) groups is 1. The summed E-state index contributed by atoms with van der Waals surface area (Å²) in [6, 6.07) is 4.71. The molecular formula is C18H23FN4O2S. The molecule has 0 bridgehead atoms. The SMILES string of the molecule is COc1ccc(CN(C)C(=O)CSc2n[nH]c(C3CCCC3)n2)cc1F. The van der Waals surface area contributed by atoms with E-state index >= 15 is 0 Å². The molecule has 3 rings (SSSR count). The smallest absolute Gasteiger partial charge is 0.233 e. The fourth-order valence-corrected chi connectivity index (χ4v) is 3.86. The van der Waals surface area contributed by atoms with Gasteiger partial charge in [-0.2, -0.15) is 0 Å². The Balaban J connectivity index is 1.50. The second-order valence-corrected chi connectivity index (χ2v) is 7.43. The third kappa shape index (κ3) is 4.55. The number of carbonyl (C=O) groups excluding carboxylic acids is 1. The Morgan fingerprint density at radius 2 is 2.19 bits per heavy atom. The molecule has 26 heavy (non-hydrogen) atoms. The lowest BCUT2D eigenvalue weighted by Gasteiger charge is -2.17. The Labute approximate surface area is 156 Å². The Kier molecular flexibility index (Phi) is 6.13. The van der Waals surface area contributed by atoms with Crippen LogP contribution in [0.3, 0.4) is 0 Å². The summed E-state index contributed by atoms with van der Waals surface area (Å²) < 4.78 is 18.7. The fraction of sp³-hybridized carbons (Fsp3) is 0.500. The summed E-state index contributed by atoms with van der Waals surface area (Å²) in [5, 5.41) is 7.80. The molecule has 0 unspecified atom stereocenters. The van der Waals surface area contributed by atoms with Crippen LogP contribution < -0.4 is 4.74 Å². The van der Waals surface area contributed by atoms with Crippen molar-refractivity contribution in [3.8, 4) is 5.75 Å². The molecule has 1 amide bonds. The highest BCUT2D eigenvalue weighted by Crippen LogP contribution is 2.32. The molecule has 0 spiro atoms. The number of methoxy groups -OCH3 is 1. The molecule has 1 aliphatic carbocycles. The number of aromatic amines is 1. The first kappa shape index (κ1) is 18.7. The fourth-order valence-electron chi connectivity index (χ4n) is 3.11. The van der Waals surface area contributed by atoms with Gasteiger partial charge in [0.15, 0.2) is 11.6 Å². The average molecular weight is 378 g/mol. The summed E-state index contributed by atoms with van der Waals surface area (Å²) in [5.41, 5.74) is 0.713. The van der Waals surface area contributed by atoms with E-state index in [4.69, 9.17) is 4.74 Å². The predicted octanol–water partition coefficient (Wildman–Crippen LogP) is 3.36. The lowest BCUT2D eigenvalue weighted by Crippen LogP contribution is -2.27. The van der Waals surface area contributed by atoms with Crippen LogP contribution >= 0.6 is 11.8 Å². The van der Waals surface area contributed by atoms with Crippen LogP contribution in [0.4, 0.5) is 4.39 Å². The number of H-pyrrole nitrogens is 1. The molecule has 1 heterocycles. The van der Waals surface area contributed by atoms with Crippen molar-refractivity contribution in [2.24, 2.45) is 0 Å². The third-order valence-electron chi connectivity index (χ3n) is 4.61. The Morgan fingerprint density at radius 1 is 1.42 bits per heavy atom. The molecular weight excluding hydrogens is 355 g/mol. The third-order valence-corrected chi connectivity index (χ3v) is 5.44. The van der Waals surface area contributed by atoms with Crippen LogP contribution in [0, 0.1) is 5.82 Å². The quantitative estimate of drug-likeness (QED) is 0.748. The van der Waals surface area contributed by atoms with Gasteiger partial charge in [-0.25, -0.2) is 9.37 Å². The molecule has 8 heteroatoms. The van der Waals surface area contributed by atoms with E-state index in [1.54, 1.807) is 24.1 Å². The Hall–Kier alpha value is -2.09. The Bertz CT molecular complexity index is 761. The van der Waals surface area contributed by atoms with E-state index in [0.29, 0.717) is 23.2 Å². The van der Waals surface area contributed by atoms with Crippen molar-refractivity contribution >= 4 is 17.7 Å². The highest BCUT2D eigenvalue weighted by atomic mass is 32.2. The topological polar surface area (TPSA) is 71.1 Å². The van der Waals surface area contributed by atoms with E-state index in [1.165, 1.54) is 37.8 Å². The maximum absolute atomic E-state index is 13.7. The monoisotopic (exact) mass is 378 g/mol. The number of hydrogen-bond donors (Lipinski definition) is 1. The molecule has 1 N–H and O–H groups in total. The van der Waals surface area contributed by atoms with E-state index in [0.717, 1.165) is 18.7 Å². The number of rotatable bonds is 7. The van der Waals surface area contributed by atoms with E-state index in [1.807, 2.05) is 0 Å². The van der Waals surface area contributed by atoms with Gasteiger partial charge in [-0.3, -0.25) is 9.89 Å². The van der Waals surface area contributed by atoms with E-state index in [2.05, 4.69) is 15.2 Å². The summed E-state index contributed by atoms with van der Waals surface area (Å²) in [5.74, 6) is 1.36. The van der Waals surface area contributed by atoms with E-state index < -0.39 is 5.82 Å². The molecule has 140 valence electrons. The van der Waals surface area contributed by atoms with Gasteiger partial charge in [-0.15, -0.1) is 5.10 Å². The van der Waals surface area contributed by atoms with Crippen molar-refractivity contribution in [2.75, 3.05) is 19.9 Å². The minimum atomic E-state index is -0.430. The summed E-state index contributed by atoms with van der Waals surface area (Å²) in [4.78, 5) is 18.4. The highest BCUT2D eigenvalue weighted by Gasteiger charge is 2.21. The van der Waals surface area contributed by atoms with Crippen molar-refractivity contribution in [3.63, 3.8) is 0 Å². The zero-order valence-corrected chi connectivity index (χ0v) is 15.8.